The van der Waals surface area contributed by atoms with Gasteiger partial charge in [-0.2, -0.15) is 0 Å². The fourth-order valence-corrected chi connectivity index (χ4v) is 1.90. The van der Waals surface area contributed by atoms with Gasteiger partial charge < -0.3 is 10.5 Å². The molecule has 0 saturated heterocycles. The first-order chi connectivity index (χ1) is 8.56. The maximum Gasteiger partial charge on any atom is 0.141 e. The highest BCUT2D eigenvalue weighted by Crippen LogP contribution is 2.26. The number of aromatic nitrogens is 1. The predicted octanol–water partition coefficient (Wildman–Crippen LogP) is 3.00. The summed E-state index contributed by atoms with van der Waals surface area (Å²) in [5.41, 5.74) is 9.09. The van der Waals surface area contributed by atoms with Crippen LogP contribution in [0.5, 0.6) is 5.75 Å². The second kappa shape index (κ2) is 5.04. The third-order valence-corrected chi connectivity index (χ3v) is 2.63. The van der Waals surface area contributed by atoms with Crippen molar-refractivity contribution in [2.75, 3.05) is 5.73 Å². The van der Waals surface area contributed by atoms with Crippen LogP contribution < -0.4 is 10.5 Å². The Hall–Kier alpha value is -2.10. The zero-order chi connectivity index (χ0) is 13.1. The lowest BCUT2D eigenvalue weighted by Crippen LogP contribution is -2.01. The van der Waals surface area contributed by atoms with E-state index in [1.807, 2.05) is 26.0 Å². The minimum atomic E-state index is -0.359. The Bertz CT molecular complexity index is 546. The molecule has 2 aromatic rings. The smallest absolute Gasteiger partial charge is 0.141 e. The summed E-state index contributed by atoms with van der Waals surface area (Å²) in [5, 5.41) is 0. The van der Waals surface area contributed by atoms with Gasteiger partial charge >= 0.3 is 0 Å². The fourth-order valence-electron chi connectivity index (χ4n) is 1.90. The lowest BCUT2D eigenvalue weighted by Gasteiger charge is -2.12. The van der Waals surface area contributed by atoms with Gasteiger partial charge in [0.2, 0.25) is 0 Å². The molecule has 2 N–H and O–H groups in total. The van der Waals surface area contributed by atoms with Crippen molar-refractivity contribution >= 4 is 5.69 Å². The average molecular weight is 246 g/mol. The molecule has 1 aromatic heterocycles. The summed E-state index contributed by atoms with van der Waals surface area (Å²) in [6.07, 6.45) is 2.76. The molecule has 4 heteroatoms. The van der Waals surface area contributed by atoms with Gasteiger partial charge in [-0.1, -0.05) is 0 Å². The van der Waals surface area contributed by atoms with Gasteiger partial charge in [0.25, 0.3) is 0 Å². The highest BCUT2D eigenvalue weighted by atomic mass is 19.1. The van der Waals surface area contributed by atoms with Crippen LogP contribution in [0.1, 0.15) is 16.7 Å². The van der Waals surface area contributed by atoms with Crippen LogP contribution in [0.4, 0.5) is 10.1 Å². The van der Waals surface area contributed by atoms with Gasteiger partial charge in [0, 0.05) is 17.4 Å². The Morgan fingerprint density at radius 3 is 2.44 bits per heavy atom. The van der Waals surface area contributed by atoms with Crippen molar-refractivity contribution in [3.05, 3.63) is 53.1 Å². The molecule has 0 saturated carbocycles. The second-order valence-corrected chi connectivity index (χ2v) is 4.28. The molecule has 0 aliphatic rings. The van der Waals surface area contributed by atoms with Gasteiger partial charge in [0.15, 0.2) is 0 Å². The summed E-state index contributed by atoms with van der Waals surface area (Å²) in [4.78, 5) is 3.78. The van der Waals surface area contributed by atoms with E-state index in [1.165, 1.54) is 12.3 Å². The number of anilines is 1. The number of hydrogen-bond donors (Lipinski definition) is 1. The molecular formula is C14H15FN2O. The van der Waals surface area contributed by atoms with Crippen LogP contribution in [0.15, 0.2) is 30.6 Å². The van der Waals surface area contributed by atoms with Gasteiger partial charge in [0.05, 0.1) is 6.20 Å². The molecular weight excluding hydrogens is 231 g/mol. The van der Waals surface area contributed by atoms with E-state index in [2.05, 4.69) is 4.98 Å². The van der Waals surface area contributed by atoms with Crippen LogP contribution in [0.2, 0.25) is 0 Å². The van der Waals surface area contributed by atoms with Crippen molar-refractivity contribution in [1.82, 2.24) is 4.98 Å². The molecule has 0 fully saturated rings. The molecule has 3 nitrogen and oxygen atoms in total. The summed E-state index contributed by atoms with van der Waals surface area (Å²) in [7, 11) is 0. The minimum Gasteiger partial charge on any atom is -0.488 e. The molecule has 0 atom stereocenters. The molecule has 0 bridgehead atoms. The van der Waals surface area contributed by atoms with Crippen molar-refractivity contribution in [2.45, 2.75) is 20.5 Å². The highest BCUT2D eigenvalue weighted by molar-refractivity contribution is 5.52. The summed E-state index contributed by atoms with van der Waals surface area (Å²) in [6.45, 7) is 4.15. The van der Waals surface area contributed by atoms with Gasteiger partial charge in [-0.25, -0.2) is 4.39 Å². The Morgan fingerprint density at radius 1 is 1.17 bits per heavy atom. The fraction of sp³-hybridized carbons (Fsp3) is 0.214. The maximum absolute atomic E-state index is 13.0. The molecule has 0 amide bonds. The molecule has 0 radical (unpaired) electrons. The van der Waals surface area contributed by atoms with Crippen molar-refractivity contribution in [3.8, 4) is 5.75 Å². The van der Waals surface area contributed by atoms with E-state index in [9.17, 15) is 4.39 Å². The van der Waals surface area contributed by atoms with Crippen molar-refractivity contribution < 1.29 is 9.13 Å². The maximum atomic E-state index is 13.0. The molecule has 1 heterocycles. The lowest BCUT2D eigenvalue weighted by molar-refractivity contribution is 0.301. The van der Waals surface area contributed by atoms with Crippen LogP contribution in [0.25, 0.3) is 0 Å². The average Bonchev–Trinajstić information content (AvgIpc) is 2.27. The van der Waals surface area contributed by atoms with Crippen LogP contribution in [0, 0.1) is 19.7 Å². The Labute approximate surface area is 105 Å². The first-order valence-corrected chi connectivity index (χ1v) is 5.65. The summed E-state index contributed by atoms with van der Waals surface area (Å²) >= 11 is 0. The number of aryl methyl sites for hydroxylation is 2. The third-order valence-electron chi connectivity index (χ3n) is 2.63. The molecule has 0 aliphatic heterocycles. The topological polar surface area (TPSA) is 48.1 Å². The minimum absolute atomic E-state index is 0.288. The van der Waals surface area contributed by atoms with Crippen molar-refractivity contribution in [1.29, 1.82) is 0 Å². The van der Waals surface area contributed by atoms with Crippen LogP contribution >= 0.6 is 0 Å². The number of hydrogen-bond acceptors (Lipinski definition) is 3. The van der Waals surface area contributed by atoms with E-state index in [0.717, 1.165) is 16.9 Å². The number of halogens is 1. The summed E-state index contributed by atoms with van der Waals surface area (Å²) in [6, 6.07) is 5.12. The largest absolute Gasteiger partial charge is 0.488 e. The Balaban J connectivity index is 2.16. The van der Waals surface area contributed by atoms with E-state index in [0.29, 0.717) is 11.3 Å². The van der Waals surface area contributed by atoms with E-state index in [-0.39, 0.29) is 12.4 Å². The molecule has 18 heavy (non-hydrogen) atoms. The molecule has 0 aliphatic carbocycles. The van der Waals surface area contributed by atoms with Crippen LogP contribution in [-0.4, -0.2) is 4.98 Å². The number of benzene rings is 1. The standard InChI is InChI=1S/C14H15FN2O/c1-9-3-13(16)4-10(2)14(9)18-8-11-5-12(15)7-17-6-11/h3-7H,8,16H2,1-2H3. The number of nitrogens with zero attached hydrogens (tertiary/aromatic N) is 1. The Morgan fingerprint density at radius 2 is 1.83 bits per heavy atom. The normalized spacial score (nSPS) is 10.4. The first kappa shape index (κ1) is 12.4. The predicted molar refractivity (Wildman–Crippen MR) is 68.9 cm³/mol. The monoisotopic (exact) mass is 246 g/mol. The zero-order valence-corrected chi connectivity index (χ0v) is 10.4. The second-order valence-electron chi connectivity index (χ2n) is 4.28. The summed E-state index contributed by atoms with van der Waals surface area (Å²) in [5.74, 6) is 0.426. The number of ether oxygens (including phenoxy) is 1. The molecule has 94 valence electrons. The van der Waals surface area contributed by atoms with E-state index in [4.69, 9.17) is 10.5 Å². The van der Waals surface area contributed by atoms with E-state index >= 15 is 0 Å². The van der Waals surface area contributed by atoms with Gasteiger partial charge in [0.1, 0.15) is 18.2 Å². The molecule has 1 aromatic carbocycles. The van der Waals surface area contributed by atoms with E-state index < -0.39 is 0 Å². The quantitative estimate of drug-likeness (QED) is 0.847. The number of nitrogen functional groups attached to an aromatic ring is 1. The van der Waals surface area contributed by atoms with Crippen molar-refractivity contribution in [3.63, 3.8) is 0 Å². The van der Waals surface area contributed by atoms with Gasteiger partial charge in [-0.3, -0.25) is 4.98 Å². The highest BCUT2D eigenvalue weighted by Gasteiger charge is 2.06. The van der Waals surface area contributed by atoms with Crippen LogP contribution in [-0.2, 0) is 6.61 Å². The van der Waals surface area contributed by atoms with Crippen molar-refractivity contribution in [2.24, 2.45) is 0 Å². The summed E-state index contributed by atoms with van der Waals surface area (Å²) < 4.78 is 18.7. The molecule has 0 spiro atoms. The van der Waals surface area contributed by atoms with Crippen LogP contribution in [0.3, 0.4) is 0 Å². The SMILES string of the molecule is Cc1cc(N)cc(C)c1OCc1cncc(F)c1. The zero-order valence-electron chi connectivity index (χ0n) is 10.4. The van der Waals surface area contributed by atoms with Gasteiger partial charge in [-0.05, 0) is 43.2 Å². The first-order valence-electron chi connectivity index (χ1n) is 5.65. The lowest BCUT2D eigenvalue weighted by atomic mass is 10.1. The number of rotatable bonds is 3. The third kappa shape index (κ3) is 2.77. The molecule has 0 unspecified atom stereocenters. The molecule has 2 rings (SSSR count). The van der Waals surface area contributed by atoms with E-state index in [1.54, 1.807) is 6.20 Å². The number of pyridine rings is 1. The Kier molecular flexibility index (Phi) is 3.46. The van der Waals surface area contributed by atoms with Gasteiger partial charge in [-0.15, -0.1) is 0 Å². The number of nitrogens with two attached hydrogens (primary N) is 1.